The van der Waals surface area contributed by atoms with Gasteiger partial charge < -0.3 is 15.2 Å². The molecule has 0 heterocycles. The van der Waals surface area contributed by atoms with Crippen molar-refractivity contribution in [3.05, 3.63) is 64.1 Å². The summed E-state index contributed by atoms with van der Waals surface area (Å²) in [7, 11) is -4.00. The first-order chi connectivity index (χ1) is 17.3. The number of halogens is 2. The minimum absolute atomic E-state index is 0.00630. The molecule has 204 valence electrons. The average molecular weight is 572 g/mol. The Bertz CT molecular complexity index is 1150. The van der Waals surface area contributed by atoms with Gasteiger partial charge in [-0.05, 0) is 69.7 Å². The van der Waals surface area contributed by atoms with Crippen LogP contribution in [-0.2, 0) is 21.2 Å². The first-order valence-electron chi connectivity index (χ1n) is 12.5. The van der Waals surface area contributed by atoms with Gasteiger partial charge in [0, 0.05) is 13.1 Å². The zero-order valence-electron chi connectivity index (χ0n) is 21.5. The minimum Gasteiger partial charge on any atom is -0.444 e. The molecule has 0 radical (unpaired) electrons. The molecule has 2 N–H and O–H groups in total. The van der Waals surface area contributed by atoms with E-state index in [4.69, 9.17) is 27.9 Å². The maximum absolute atomic E-state index is 13.7. The van der Waals surface area contributed by atoms with Crippen molar-refractivity contribution >= 4 is 39.3 Å². The Balaban J connectivity index is 1.88. The third kappa shape index (κ3) is 8.86. The van der Waals surface area contributed by atoms with Gasteiger partial charge in [-0.1, -0.05) is 66.4 Å². The van der Waals surface area contributed by atoms with Gasteiger partial charge in [0.25, 0.3) is 0 Å². The second kappa shape index (κ2) is 12.8. The van der Waals surface area contributed by atoms with E-state index in [0.29, 0.717) is 6.42 Å². The molecule has 2 atom stereocenters. The van der Waals surface area contributed by atoms with E-state index in [1.165, 1.54) is 22.5 Å². The maximum atomic E-state index is 13.7. The van der Waals surface area contributed by atoms with Crippen LogP contribution in [0.2, 0.25) is 10.0 Å². The third-order valence-electron chi connectivity index (χ3n) is 6.32. The van der Waals surface area contributed by atoms with Crippen LogP contribution in [0.3, 0.4) is 0 Å². The molecule has 0 aromatic heterocycles. The molecule has 7 nitrogen and oxygen atoms in total. The molecule has 1 amide bonds. The van der Waals surface area contributed by atoms with Gasteiger partial charge >= 0.3 is 6.09 Å². The summed E-state index contributed by atoms with van der Waals surface area (Å²) in [4.78, 5) is 12.6. The van der Waals surface area contributed by atoms with E-state index < -0.39 is 33.9 Å². The Morgan fingerprint density at radius 1 is 1.11 bits per heavy atom. The van der Waals surface area contributed by atoms with Crippen molar-refractivity contribution in [3.8, 4) is 0 Å². The smallest absolute Gasteiger partial charge is 0.407 e. The molecular formula is C27H36Cl2N2O5S. The molecule has 1 fully saturated rings. The lowest BCUT2D eigenvalue weighted by Gasteiger charge is -2.31. The predicted octanol–water partition coefficient (Wildman–Crippen LogP) is 5.67. The van der Waals surface area contributed by atoms with Gasteiger partial charge in [0.05, 0.1) is 27.1 Å². The zero-order chi connectivity index (χ0) is 27.2. The Labute approximate surface area is 230 Å². The van der Waals surface area contributed by atoms with E-state index in [9.17, 15) is 18.3 Å². The molecule has 0 spiro atoms. The first kappa shape index (κ1) is 29.7. The highest BCUT2D eigenvalue weighted by molar-refractivity contribution is 7.89. The number of sulfonamides is 1. The number of carbonyl (C=O) groups is 1. The van der Waals surface area contributed by atoms with E-state index >= 15 is 0 Å². The van der Waals surface area contributed by atoms with Gasteiger partial charge in [0.2, 0.25) is 10.0 Å². The Morgan fingerprint density at radius 2 is 1.76 bits per heavy atom. The highest BCUT2D eigenvalue weighted by Gasteiger charge is 2.34. The maximum Gasteiger partial charge on any atom is 0.407 e. The number of ether oxygens (including phenoxy) is 1. The molecular weight excluding hydrogens is 535 g/mol. The molecule has 0 saturated heterocycles. The van der Waals surface area contributed by atoms with Crippen LogP contribution >= 0.6 is 23.2 Å². The summed E-state index contributed by atoms with van der Waals surface area (Å²) >= 11 is 12.1. The van der Waals surface area contributed by atoms with Crippen LogP contribution in [0, 0.1) is 5.92 Å². The van der Waals surface area contributed by atoms with Crippen molar-refractivity contribution in [1.29, 1.82) is 0 Å². The van der Waals surface area contributed by atoms with Crippen LogP contribution in [0.25, 0.3) is 0 Å². The summed E-state index contributed by atoms with van der Waals surface area (Å²) in [6.45, 7) is 5.32. The van der Waals surface area contributed by atoms with Gasteiger partial charge in [-0.15, -0.1) is 0 Å². The molecule has 1 saturated carbocycles. The topological polar surface area (TPSA) is 95.9 Å². The fraction of sp³-hybridized carbons (Fsp3) is 0.519. The normalized spacial score (nSPS) is 16.5. The Hall–Kier alpha value is -1.84. The lowest BCUT2D eigenvalue weighted by Crippen LogP contribution is -2.52. The van der Waals surface area contributed by atoms with Crippen molar-refractivity contribution in [2.75, 3.05) is 13.1 Å². The van der Waals surface area contributed by atoms with E-state index in [-0.39, 0.29) is 33.9 Å². The molecule has 37 heavy (non-hydrogen) atoms. The van der Waals surface area contributed by atoms with Crippen LogP contribution < -0.4 is 5.32 Å². The summed E-state index contributed by atoms with van der Waals surface area (Å²) in [5.41, 5.74) is 0.162. The van der Waals surface area contributed by atoms with Gasteiger partial charge in [-0.3, -0.25) is 0 Å². The van der Waals surface area contributed by atoms with Crippen molar-refractivity contribution < 1.29 is 23.1 Å². The van der Waals surface area contributed by atoms with E-state index in [1.54, 1.807) is 20.8 Å². The number of aliphatic hydroxyl groups is 1. The van der Waals surface area contributed by atoms with Crippen molar-refractivity contribution in [1.82, 2.24) is 9.62 Å². The fourth-order valence-electron chi connectivity index (χ4n) is 4.48. The average Bonchev–Trinajstić information content (AvgIpc) is 3.32. The summed E-state index contributed by atoms with van der Waals surface area (Å²) in [5, 5.41) is 14.5. The van der Waals surface area contributed by atoms with E-state index in [0.717, 1.165) is 31.2 Å². The Morgan fingerprint density at radius 3 is 2.35 bits per heavy atom. The first-order valence-corrected chi connectivity index (χ1v) is 14.7. The van der Waals surface area contributed by atoms with Gasteiger partial charge in [0.1, 0.15) is 5.60 Å². The van der Waals surface area contributed by atoms with Gasteiger partial charge in [-0.25, -0.2) is 13.2 Å². The molecule has 1 aliphatic carbocycles. The molecule has 2 aromatic rings. The number of amides is 1. The standard InChI is InChI=1S/C27H36Cl2N2O5S/c1-27(2,3)36-26(33)30-24(15-19-9-5-4-6-10-19)25(32)18-31(17-20-11-7-8-12-20)37(34,35)21-13-14-22(28)23(29)16-21/h4-6,9-10,13-14,16,20,24-25,32H,7-8,11-12,15,17-18H2,1-3H3,(H,30,33)/t24-,25+/m0/s1. The number of nitrogens with one attached hydrogen (secondary N) is 1. The number of rotatable bonds is 10. The number of carbonyl (C=O) groups excluding carboxylic acids is 1. The lowest BCUT2D eigenvalue weighted by molar-refractivity contribution is 0.0399. The van der Waals surface area contributed by atoms with Crippen molar-refractivity contribution in [2.45, 2.75) is 75.5 Å². The molecule has 0 unspecified atom stereocenters. The quantitative estimate of drug-likeness (QED) is 0.383. The lowest BCUT2D eigenvalue weighted by atomic mass is 10.0. The predicted molar refractivity (Wildman–Crippen MR) is 146 cm³/mol. The molecule has 2 aromatic carbocycles. The Kier molecular flexibility index (Phi) is 10.3. The van der Waals surface area contributed by atoms with Gasteiger partial charge in [-0.2, -0.15) is 4.31 Å². The highest BCUT2D eigenvalue weighted by atomic mass is 35.5. The van der Waals surface area contributed by atoms with Crippen LogP contribution in [-0.4, -0.2) is 54.8 Å². The minimum atomic E-state index is -4.00. The van der Waals surface area contributed by atoms with Crippen molar-refractivity contribution in [3.63, 3.8) is 0 Å². The second-order valence-electron chi connectivity index (χ2n) is 10.6. The number of benzene rings is 2. The fourth-order valence-corrected chi connectivity index (χ4v) is 6.41. The van der Waals surface area contributed by atoms with Crippen molar-refractivity contribution in [2.24, 2.45) is 5.92 Å². The van der Waals surface area contributed by atoms with Crippen LogP contribution in [0.15, 0.2) is 53.4 Å². The van der Waals surface area contributed by atoms with E-state index in [2.05, 4.69) is 5.32 Å². The molecule has 1 aliphatic rings. The second-order valence-corrected chi connectivity index (χ2v) is 13.3. The zero-order valence-corrected chi connectivity index (χ0v) is 23.8. The molecule has 3 rings (SSSR count). The number of hydrogen-bond donors (Lipinski definition) is 2. The summed E-state index contributed by atoms with van der Waals surface area (Å²) < 4.78 is 34.1. The molecule has 10 heteroatoms. The third-order valence-corrected chi connectivity index (χ3v) is 8.89. The SMILES string of the molecule is CC(C)(C)OC(=O)N[C@@H](Cc1ccccc1)[C@H](O)CN(CC1CCCC1)S(=O)(=O)c1ccc(Cl)c(Cl)c1. The van der Waals surface area contributed by atoms with Gasteiger partial charge in [0.15, 0.2) is 0 Å². The molecule has 0 aliphatic heterocycles. The number of nitrogens with zero attached hydrogens (tertiary/aromatic N) is 1. The monoisotopic (exact) mass is 570 g/mol. The number of alkyl carbamates (subject to hydrolysis) is 1. The largest absolute Gasteiger partial charge is 0.444 e. The number of hydrogen-bond acceptors (Lipinski definition) is 5. The number of aliphatic hydroxyl groups excluding tert-OH is 1. The van der Waals surface area contributed by atoms with Crippen LogP contribution in [0.5, 0.6) is 0 Å². The highest BCUT2D eigenvalue weighted by Crippen LogP contribution is 2.30. The van der Waals surface area contributed by atoms with E-state index in [1.807, 2.05) is 30.3 Å². The van der Waals surface area contributed by atoms with Crippen LogP contribution in [0.4, 0.5) is 4.79 Å². The molecule has 0 bridgehead atoms. The summed E-state index contributed by atoms with van der Waals surface area (Å²) in [5.74, 6) is 0.191. The summed E-state index contributed by atoms with van der Waals surface area (Å²) in [6.07, 6.45) is 2.36. The summed E-state index contributed by atoms with van der Waals surface area (Å²) in [6, 6.07) is 12.8. The van der Waals surface area contributed by atoms with Crippen LogP contribution in [0.1, 0.15) is 52.0 Å².